The number of pyridine rings is 1. The van der Waals surface area contributed by atoms with Crippen LogP contribution in [-0.4, -0.2) is 11.6 Å². The average molecular weight is 261 g/mol. The van der Waals surface area contributed by atoms with E-state index in [4.69, 9.17) is 4.74 Å². The Kier molecular flexibility index (Phi) is 6.54. The van der Waals surface area contributed by atoms with Gasteiger partial charge in [-0.3, -0.25) is 0 Å². The van der Waals surface area contributed by atoms with Crippen LogP contribution >= 0.6 is 0 Å². The van der Waals surface area contributed by atoms with Gasteiger partial charge in [0, 0.05) is 6.07 Å². The van der Waals surface area contributed by atoms with Gasteiger partial charge in [-0.05, 0) is 6.42 Å². The predicted octanol–water partition coefficient (Wildman–Crippen LogP) is 4.24. The fourth-order valence-electron chi connectivity index (χ4n) is 1.58. The molecular formula is C13H18F3NO. The van der Waals surface area contributed by atoms with E-state index >= 15 is 0 Å². The molecule has 0 spiro atoms. The van der Waals surface area contributed by atoms with Gasteiger partial charge >= 0.3 is 0 Å². The van der Waals surface area contributed by atoms with Crippen molar-refractivity contribution in [3.8, 4) is 5.88 Å². The second-order valence-corrected chi connectivity index (χ2v) is 4.16. The average Bonchev–Trinajstić information content (AvgIpc) is 2.34. The Labute approximate surface area is 105 Å². The summed E-state index contributed by atoms with van der Waals surface area (Å²) in [5, 5.41) is 0. The number of ether oxygens (including phenoxy) is 1. The summed E-state index contributed by atoms with van der Waals surface area (Å²) in [7, 11) is 0. The topological polar surface area (TPSA) is 22.1 Å². The first kappa shape index (κ1) is 14.8. The molecule has 0 aromatic carbocycles. The Morgan fingerprint density at radius 2 is 1.67 bits per heavy atom. The zero-order valence-corrected chi connectivity index (χ0v) is 10.5. The summed E-state index contributed by atoms with van der Waals surface area (Å²) in [5.41, 5.74) is 0. The summed E-state index contributed by atoms with van der Waals surface area (Å²) in [6.45, 7) is 2.40. The van der Waals surface area contributed by atoms with Crippen LogP contribution in [-0.2, 0) is 0 Å². The van der Waals surface area contributed by atoms with Crippen LogP contribution in [0.1, 0.15) is 45.4 Å². The van der Waals surface area contributed by atoms with Gasteiger partial charge in [0.15, 0.2) is 11.6 Å². The molecule has 0 saturated carbocycles. The lowest BCUT2D eigenvalue weighted by Gasteiger charge is -2.06. The third kappa shape index (κ3) is 4.94. The fourth-order valence-corrected chi connectivity index (χ4v) is 1.58. The van der Waals surface area contributed by atoms with Crippen LogP contribution in [0.4, 0.5) is 13.2 Å². The Morgan fingerprint density at radius 3 is 2.39 bits per heavy atom. The van der Waals surface area contributed by atoms with Gasteiger partial charge in [0.2, 0.25) is 0 Å². The van der Waals surface area contributed by atoms with Crippen LogP contribution in [0, 0.1) is 17.6 Å². The number of halogens is 3. The van der Waals surface area contributed by atoms with Crippen LogP contribution in [0.5, 0.6) is 5.88 Å². The largest absolute Gasteiger partial charge is 0.476 e. The smallest absolute Gasteiger partial charge is 0.253 e. The number of nitrogens with zero attached hydrogens (tertiary/aromatic N) is 1. The van der Waals surface area contributed by atoms with Crippen LogP contribution in [0.3, 0.4) is 0 Å². The summed E-state index contributed by atoms with van der Waals surface area (Å²) in [6, 6.07) is 0.443. The second-order valence-electron chi connectivity index (χ2n) is 4.16. The van der Waals surface area contributed by atoms with Crippen molar-refractivity contribution in [2.45, 2.75) is 45.4 Å². The highest BCUT2D eigenvalue weighted by molar-refractivity contribution is 5.14. The molecule has 0 unspecified atom stereocenters. The van der Waals surface area contributed by atoms with E-state index in [0.29, 0.717) is 6.07 Å². The van der Waals surface area contributed by atoms with E-state index in [9.17, 15) is 13.2 Å². The standard InChI is InChI=1S/C13H18F3NO/c1-2-3-4-5-6-7-8-18-13-11(15)9-10(14)12(16)17-13/h9H,2-8H2,1H3. The number of rotatable bonds is 8. The molecule has 0 atom stereocenters. The van der Waals surface area contributed by atoms with Gasteiger partial charge in [0.1, 0.15) is 0 Å². The Balaban J connectivity index is 2.25. The van der Waals surface area contributed by atoms with Gasteiger partial charge < -0.3 is 4.74 Å². The molecule has 0 bridgehead atoms. The molecule has 0 amide bonds. The lowest BCUT2D eigenvalue weighted by atomic mass is 10.1. The number of hydrogen-bond donors (Lipinski definition) is 0. The molecule has 1 heterocycles. The molecule has 5 heteroatoms. The molecule has 102 valence electrons. The minimum absolute atomic E-state index is 0.265. The van der Waals surface area contributed by atoms with E-state index in [1.165, 1.54) is 19.3 Å². The van der Waals surface area contributed by atoms with Gasteiger partial charge in [-0.25, -0.2) is 8.78 Å². The van der Waals surface area contributed by atoms with E-state index in [0.717, 1.165) is 19.3 Å². The summed E-state index contributed by atoms with van der Waals surface area (Å²) in [6.07, 6.45) is 6.40. The fraction of sp³-hybridized carbons (Fsp3) is 0.615. The summed E-state index contributed by atoms with van der Waals surface area (Å²) in [4.78, 5) is 3.08. The van der Waals surface area contributed by atoms with Crippen molar-refractivity contribution in [2.75, 3.05) is 6.61 Å². The zero-order valence-electron chi connectivity index (χ0n) is 10.5. The summed E-state index contributed by atoms with van der Waals surface area (Å²) >= 11 is 0. The number of unbranched alkanes of at least 4 members (excludes halogenated alkanes) is 5. The van der Waals surface area contributed by atoms with Gasteiger partial charge in [0.25, 0.3) is 11.8 Å². The first-order chi connectivity index (χ1) is 8.65. The van der Waals surface area contributed by atoms with Gasteiger partial charge in [-0.15, -0.1) is 0 Å². The predicted molar refractivity (Wildman–Crippen MR) is 63.0 cm³/mol. The van der Waals surface area contributed by atoms with Crippen LogP contribution in [0.15, 0.2) is 6.07 Å². The first-order valence-electron chi connectivity index (χ1n) is 6.29. The maximum atomic E-state index is 13.1. The molecule has 0 radical (unpaired) electrons. The molecule has 18 heavy (non-hydrogen) atoms. The van der Waals surface area contributed by atoms with E-state index in [-0.39, 0.29) is 6.61 Å². The number of aromatic nitrogens is 1. The van der Waals surface area contributed by atoms with Crippen LogP contribution in [0.2, 0.25) is 0 Å². The minimum atomic E-state index is -1.34. The van der Waals surface area contributed by atoms with Crippen molar-refractivity contribution in [1.82, 2.24) is 4.98 Å². The lowest BCUT2D eigenvalue weighted by molar-refractivity contribution is 0.269. The van der Waals surface area contributed by atoms with Gasteiger partial charge in [-0.2, -0.15) is 9.37 Å². The lowest BCUT2D eigenvalue weighted by Crippen LogP contribution is -2.04. The third-order valence-corrected chi connectivity index (χ3v) is 2.59. The highest BCUT2D eigenvalue weighted by Gasteiger charge is 2.12. The van der Waals surface area contributed by atoms with E-state index in [1.54, 1.807) is 0 Å². The maximum Gasteiger partial charge on any atom is 0.253 e. The van der Waals surface area contributed by atoms with E-state index in [2.05, 4.69) is 11.9 Å². The highest BCUT2D eigenvalue weighted by atomic mass is 19.2. The molecule has 1 rings (SSSR count). The first-order valence-corrected chi connectivity index (χ1v) is 6.29. The van der Waals surface area contributed by atoms with Crippen molar-refractivity contribution in [2.24, 2.45) is 0 Å². The van der Waals surface area contributed by atoms with Crippen molar-refractivity contribution < 1.29 is 17.9 Å². The molecule has 0 fully saturated rings. The maximum absolute atomic E-state index is 13.1. The van der Waals surface area contributed by atoms with Crippen molar-refractivity contribution in [3.05, 3.63) is 23.6 Å². The molecular weight excluding hydrogens is 243 g/mol. The van der Waals surface area contributed by atoms with Gasteiger partial charge in [0.05, 0.1) is 6.61 Å². The van der Waals surface area contributed by atoms with E-state index in [1.807, 2.05) is 0 Å². The molecule has 0 aliphatic heterocycles. The van der Waals surface area contributed by atoms with Gasteiger partial charge in [-0.1, -0.05) is 39.0 Å². The minimum Gasteiger partial charge on any atom is -0.476 e. The number of hydrogen-bond acceptors (Lipinski definition) is 2. The molecule has 1 aromatic rings. The molecule has 2 nitrogen and oxygen atoms in total. The van der Waals surface area contributed by atoms with Crippen molar-refractivity contribution in [1.29, 1.82) is 0 Å². The van der Waals surface area contributed by atoms with Crippen LogP contribution < -0.4 is 4.74 Å². The Hall–Kier alpha value is -1.26. The zero-order chi connectivity index (χ0) is 13.4. The monoisotopic (exact) mass is 261 g/mol. The SMILES string of the molecule is CCCCCCCCOc1nc(F)c(F)cc1F. The van der Waals surface area contributed by atoms with Crippen LogP contribution in [0.25, 0.3) is 0 Å². The third-order valence-electron chi connectivity index (χ3n) is 2.59. The van der Waals surface area contributed by atoms with Crippen molar-refractivity contribution >= 4 is 0 Å². The molecule has 0 saturated heterocycles. The molecule has 0 aliphatic rings. The quantitative estimate of drug-likeness (QED) is 0.516. The molecule has 1 aromatic heterocycles. The molecule has 0 N–H and O–H groups in total. The normalized spacial score (nSPS) is 10.7. The Morgan fingerprint density at radius 1 is 1.00 bits per heavy atom. The Bertz CT molecular complexity index is 371. The molecule has 0 aliphatic carbocycles. The highest BCUT2D eigenvalue weighted by Crippen LogP contribution is 2.17. The summed E-state index contributed by atoms with van der Waals surface area (Å²) in [5.74, 6) is -4.09. The van der Waals surface area contributed by atoms with Crippen molar-refractivity contribution in [3.63, 3.8) is 0 Å². The summed E-state index contributed by atoms with van der Waals surface area (Å²) < 4.78 is 43.4. The second kappa shape index (κ2) is 7.95. The van der Waals surface area contributed by atoms with E-state index < -0.39 is 23.5 Å².